The number of anilines is 2. The molecular formula is C20H19ClN2O3. The van der Waals surface area contributed by atoms with Crippen LogP contribution in [0.3, 0.4) is 0 Å². The van der Waals surface area contributed by atoms with Crippen LogP contribution in [0.15, 0.2) is 42.5 Å². The minimum Gasteiger partial charge on any atom is -0.325 e. The van der Waals surface area contributed by atoms with Crippen molar-refractivity contribution in [2.75, 3.05) is 10.2 Å². The van der Waals surface area contributed by atoms with Gasteiger partial charge in [-0.25, -0.2) is 4.90 Å². The lowest BCUT2D eigenvalue weighted by atomic mass is 10.1. The lowest BCUT2D eigenvalue weighted by Gasteiger charge is -2.16. The molecule has 3 rings (SSSR count). The monoisotopic (exact) mass is 370 g/mol. The van der Waals surface area contributed by atoms with E-state index in [4.69, 9.17) is 11.6 Å². The summed E-state index contributed by atoms with van der Waals surface area (Å²) in [6.07, 6.45) is 3.31. The van der Waals surface area contributed by atoms with Crippen molar-refractivity contribution < 1.29 is 14.4 Å². The van der Waals surface area contributed by atoms with Gasteiger partial charge in [0.25, 0.3) is 11.8 Å². The highest BCUT2D eigenvalue weighted by Gasteiger charge is 2.36. The molecule has 0 aliphatic carbocycles. The molecule has 2 aromatic rings. The topological polar surface area (TPSA) is 66.5 Å². The molecule has 0 unspecified atom stereocenters. The summed E-state index contributed by atoms with van der Waals surface area (Å²) in [6.45, 7) is 2.08. The number of unbranched alkanes of at least 4 members (excludes halogenated alkanes) is 2. The number of rotatable bonds is 6. The lowest BCUT2D eigenvalue weighted by Crippen LogP contribution is -2.29. The van der Waals surface area contributed by atoms with Crippen LogP contribution in [0.2, 0.25) is 5.02 Å². The number of halogens is 1. The molecule has 0 aromatic heterocycles. The van der Waals surface area contributed by atoms with Gasteiger partial charge in [0.2, 0.25) is 5.91 Å². The van der Waals surface area contributed by atoms with Crippen molar-refractivity contribution in [3.63, 3.8) is 0 Å². The number of fused-ring (bicyclic) bond motifs is 1. The van der Waals surface area contributed by atoms with Gasteiger partial charge in [-0.1, -0.05) is 43.5 Å². The average Bonchev–Trinajstić information content (AvgIpc) is 2.88. The van der Waals surface area contributed by atoms with Crippen LogP contribution >= 0.6 is 11.6 Å². The summed E-state index contributed by atoms with van der Waals surface area (Å²) in [5, 5.41) is 3.05. The summed E-state index contributed by atoms with van der Waals surface area (Å²) in [5.74, 6) is -0.857. The van der Waals surface area contributed by atoms with Crippen LogP contribution in [0.25, 0.3) is 0 Å². The van der Waals surface area contributed by atoms with Crippen molar-refractivity contribution in [1.29, 1.82) is 0 Å². The molecule has 3 amide bonds. The summed E-state index contributed by atoms with van der Waals surface area (Å²) in [6, 6.07) is 11.4. The summed E-state index contributed by atoms with van der Waals surface area (Å²) < 4.78 is 0. The van der Waals surface area contributed by atoms with E-state index in [0.717, 1.165) is 24.2 Å². The summed E-state index contributed by atoms with van der Waals surface area (Å²) in [4.78, 5) is 38.1. The van der Waals surface area contributed by atoms with Gasteiger partial charge in [0, 0.05) is 6.42 Å². The van der Waals surface area contributed by atoms with Gasteiger partial charge in [-0.15, -0.1) is 0 Å². The van der Waals surface area contributed by atoms with Gasteiger partial charge in [0.05, 0.1) is 27.5 Å². The Morgan fingerprint density at radius 1 is 1.04 bits per heavy atom. The normalized spacial score (nSPS) is 13.1. The maximum atomic E-state index is 12.5. The van der Waals surface area contributed by atoms with Crippen molar-refractivity contribution in [2.24, 2.45) is 0 Å². The molecule has 6 heteroatoms. The maximum Gasteiger partial charge on any atom is 0.266 e. The maximum absolute atomic E-state index is 12.5. The fraction of sp³-hybridized carbons (Fsp3) is 0.250. The number of carbonyl (C=O) groups excluding carboxylic acids is 3. The largest absolute Gasteiger partial charge is 0.325 e. The lowest BCUT2D eigenvalue weighted by molar-refractivity contribution is -0.116. The Morgan fingerprint density at radius 2 is 1.69 bits per heavy atom. The molecule has 134 valence electrons. The smallest absolute Gasteiger partial charge is 0.266 e. The van der Waals surface area contributed by atoms with Crippen molar-refractivity contribution in [3.05, 3.63) is 58.6 Å². The van der Waals surface area contributed by atoms with Crippen molar-refractivity contribution in [2.45, 2.75) is 32.6 Å². The fourth-order valence-electron chi connectivity index (χ4n) is 2.92. The molecule has 2 aromatic carbocycles. The van der Waals surface area contributed by atoms with Gasteiger partial charge in [-0.3, -0.25) is 14.4 Å². The van der Waals surface area contributed by atoms with E-state index in [9.17, 15) is 14.4 Å². The standard InChI is InChI=1S/C20H19ClN2O3/c1-2-3-4-9-18(24)22-17-11-10-13(12-16(17)21)23-19(25)14-7-5-6-8-15(14)20(23)26/h5-8,10-12H,2-4,9H2,1H3,(H,22,24). The van der Waals surface area contributed by atoms with Crippen molar-refractivity contribution in [1.82, 2.24) is 0 Å². The number of nitrogens with zero attached hydrogens (tertiary/aromatic N) is 1. The van der Waals surface area contributed by atoms with Crippen molar-refractivity contribution >= 4 is 40.7 Å². The van der Waals surface area contributed by atoms with E-state index < -0.39 is 0 Å². The zero-order valence-corrected chi connectivity index (χ0v) is 15.2. The Labute approximate surface area is 156 Å². The molecule has 0 saturated carbocycles. The van der Waals surface area contributed by atoms with Crippen LogP contribution in [0.5, 0.6) is 0 Å². The van der Waals surface area contributed by atoms with Crippen LogP contribution in [0.1, 0.15) is 53.3 Å². The Hall–Kier alpha value is -2.66. The molecule has 0 atom stereocenters. The van der Waals surface area contributed by atoms with Crippen LogP contribution in [0.4, 0.5) is 11.4 Å². The third-order valence-electron chi connectivity index (χ3n) is 4.29. The highest BCUT2D eigenvalue weighted by molar-refractivity contribution is 6.36. The Morgan fingerprint density at radius 3 is 2.27 bits per heavy atom. The molecule has 0 radical (unpaired) electrons. The second-order valence-corrected chi connectivity index (χ2v) is 6.57. The van der Waals surface area contributed by atoms with E-state index in [0.29, 0.717) is 28.9 Å². The third-order valence-corrected chi connectivity index (χ3v) is 4.60. The number of benzene rings is 2. The molecule has 5 nitrogen and oxygen atoms in total. The van der Waals surface area contributed by atoms with Gasteiger partial charge >= 0.3 is 0 Å². The third kappa shape index (κ3) is 3.48. The molecule has 26 heavy (non-hydrogen) atoms. The first kappa shape index (κ1) is 18.1. The first-order valence-electron chi connectivity index (χ1n) is 8.60. The number of amides is 3. The minimum absolute atomic E-state index is 0.103. The molecule has 0 saturated heterocycles. The van der Waals surface area contributed by atoms with E-state index in [2.05, 4.69) is 12.2 Å². The Balaban J connectivity index is 1.77. The van der Waals surface area contributed by atoms with E-state index in [1.165, 1.54) is 6.07 Å². The zero-order chi connectivity index (χ0) is 18.7. The molecule has 0 fully saturated rings. The highest BCUT2D eigenvalue weighted by Crippen LogP contribution is 2.32. The van der Waals surface area contributed by atoms with Crippen LogP contribution in [-0.2, 0) is 4.79 Å². The zero-order valence-electron chi connectivity index (χ0n) is 14.4. The predicted molar refractivity (Wildman–Crippen MR) is 102 cm³/mol. The van der Waals surface area contributed by atoms with Gasteiger partial charge in [-0.05, 0) is 36.8 Å². The predicted octanol–water partition coefficient (Wildman–Crippen LogP) is 4.66. The highest BCUT2D eigenvalue weighted by atomic mass is 35.5. The quantitative estimate of drug-likeness (QED) is 0.594. The molecule has 0 spiro atoms. The molecular weight excluding hydrogens is 352 g/mol. The van der Waals surface area contributed by atoms with E-state index >= 15 is 0 Å². The first-order valence-corrected chi connectivity index (χ1v) is 8.98. The van der Waals surface area contributed by atoms with Crippen LogP contribution < -0.4 is 10.2 Å². The summed E-state index contributed by atoms with van der Waals surface area (Å²) in [5.41, 5.74) is 1.60. The summed E-state index contributed by atoms with van der Waals surface area (Å²) >= 11 is 6.26. The summed E-state index contributed by atoms with van der Waals surface area (Å²) in [7, 11) is 0. The Kier molecular flexibility index (Phi) is 5.38. The fourth-order valence-corrected chi connectivity index (χ4v) is 3.14. The van der Waals surface area contributed by atoms with Gasteiger partial charge in [0.15, 0.2) is 0 Å². The number of hydrogen-bond acceptors (Lipinski definition) is 3. The van der Waals surface area contributed by atoms with Gasteiger partial charge in [0.1, 0.15) is 0 Å². The first-order chi connectivity index (χ1) is 12.5. The van der Waals surface area contributed by atoms with Crippen LogP contribution in [-0.4, -0.2) is 17.7 Å². The number of nitrogens with one attached hydrogen (secondary N) is 1. The molecule has 1 aliphatic heterocycles. The number of carbonyl (C=O) groups is 3. The van der Waals surface area contributed by atoms with Gasteiger partial charge < -0.3 is 5.32 Å². The number of hydrogen-bond donors (Lipinski definition) is 1. The average molecular weight is 371 g/mol. The molecule has 0 bridgehead atoms. The van der Waals surface area contributed by atoms with E-state index in [-0.39, 0.29) is 22.7 Å². The second-order valence-electron chi connectivity index (χ2n) is 6.16. The SMILES string of the molecule is CCCCCC(=O)Nc1ccc(N2C(=O)c3ccccc3C2=O)cc1Cl. The second kappa shape index (κ2) is 7.70. The molecule has 1 heterocycles. The van der Waals surface area contributed by atoms with Crippen LogP contribution in [0, 0.1) is 0 Å². The Bertz CT molecular complexity index is 844. The molecule has 1 aliphatic rings. The molecule has 1 N–H and O–H groups in total. The van der Waals surface area contributed by atoms with Crippen molar-refractivity contribution in [3.8, 4) is 0 Å². The minimum atomic E-state index is -0.377. The number of imide groups is 1. The van der Waals surface area contributed by atoms with E-state index in [1.807, 2.05) is 0 Å². The van der Waals surface area contributed by atoms with E-state index in [1.54, 1.807) is 36.4 Å². The van der Waals surface area contributed by atoms with Gasteiger partial charge in [-0.2, -0.15) is 0 Å².